The van der Waals surface area contributed by atoms with Crippen LogP contribution in [0.25, 0.3) is 33.9 Å². The lowest BCUT2D eigenvalue weighted by molar-refractivity contribution is 0.301. The van der Waals surface area contributed by atoms with Crippen molar-refractivity contribution in [2.45, 2.75) is 13.2 Å². The van der Waals surface area contributed by atoms with Crippen molar-refractivity contribution >= 4 is 23.2 Å². The van der Waals surface area contributed by atoms with E-state index in [9.17, 15) is 0 Å². The van der Waals surface area contributed by atoms with Gasteiger partial charge >= 0.3 is 0 Å². The molecule has 1 N–H and O–H groups in total. The first-order chi connectivity index (χ1) is 19.1. The van der Waals surface area contributed by atoms with Gasteiger partial charge in [-0.25, -0.2) is 9.67 Å². The van der Waals surface area contributed by atoms with Gasteiger partial charge in [0.05, 0.1) is 34.2 Å². The van der Waals surface area contributed by atoms with Gasteiger partial charge in [0.2, 0.25) is 0 Å². The molecule has 0 fully saturated rings. The van der Waals surface area contributed by atoms with E-state index in [1.165, 1.54) is 0 Å². The molecule has 0 bridgehead atoms. The Morgan fingerprint density at radius 2 is 1.46 bits per heavy atom. The number of halogens is 2. The maximum atomic E-state index is 6.30. The van der Waals surface area contributed by atoms with Gasteiger partial charge in [-0.05, 0) is 35.9 Å². The average Bonchev–Trinajstić information content (AvgIpc) is 3.63. The SMILES string of the molecule is Clc1cccc(Cn2cc(COc3ccc(-c4nc(-c5ccccc5)c(-c5ccccc5)[nH]4)cc3)nn2)c1Cl. The van der Waals surface area contributed by atoms with Crippen LogP contribution in [0.15, 0.2) is 109 Å². The number of ether oxygens (including phenoxy) is 1. The first-order valence-electron chi connectivity index (χ1n) is 12.4. The first kappa shape index (κ1) is 24.9. The molecule has 0 amide bonds. The smallest absolute Gasteiger partial charge is 0.138 e. The summed E-state index contributed by atoms with van der Waals surface area (Å²) in [5.74, 6) is 1.52. The van der Waals surface area contributed by atoms with Crippen LogP contribution in [-0.4, -0.2) is 25.0 Å². The van der Waals surface area contributed by atoms with Crippen molar-refractivity contribution in [2.24, 2.45) is 0 Å². The molecular weight excluding hydrogens is 529 g/mol. The van der Waals surface area contributed by atoms with Crippen LogP contribution >= 0.6 is 23.2 Å². The van der Waals surface area contributed by atoms with E-state index in [0.717, 1.165) is 45.2 Å². The highest BCUT2D eigenvalue weighted by Crippen LogP contribution is 2.33. The lowest BCUT2D eigenvalue weighted by Gasteiger charge is -2.05. The maximum absolute atomic E-state index is 6.30. The molecular formula is C31H23Cl2N5O. The molecule has 6 aromatic rings. The highest BCUT2D eigenvalue weighted by molar-refractivity contribution is 6.42. The van der Waals surface area contributed by atoms with Gasteiger partial charge in [0, 0.05) is 16.7 Å². The van der Waals surface area contributed by atoms with Gasteiger partial charge in [-0.15, -0.1) is 5.10 Å². The largest absolute Gasteiger partial charge is 0.487 e. The summed E-state index contributed by atoms with van der Waals surface area (Å²) in [6.07, 6.45) is 1.84. The molecule has 39 heavy (non-hydrogen) atoms. The van der Waals surface area contributed by atoms with Crippen LogP contribution in [0.4, 0.5) is 0 Å². The van der Waals surface area contributed by atoms with E-state index in [1.807, 2.05) is 79.0 Å². The monoisotopic (exact) mass is 551 g/mol. The minimum absolute atomic E-state index is 0.291. The second kappa shape index (κ2) is 11.2. The van der Waals surface area contributed by atoms with Crippen molar-refractivity contribution in [1.29, 1.82) is 0 Å². The highest BCUT2D eigenvalue weighted by Gasteiger charge is 2.15. The molecule has 192 valence electrons. The van der Waals surface area contributed by atoms with Gasteiger partial charge in [-0.3, -0.25) is 0 Å². The van der Waals surface area contributed by atoms with Crippen LogP contribution in [-0.2, 0) is 13.2 Å². The molecule has 6 nitrogen and oxygen atoms in total. The quantitative estimate of drug-likeness (QED) is 0.208. The maximum Gasteiger partial charge on any atom is 0.138 e. The van der Waals surface area contributed by atoms with E-state index < -0.39 is 0 Å². The minimum atomic E-state index is 0.291. The van der Waals surface area contributed by atoms with Crippen LogP contribution in [0.2, 0.25) is 10.0 Å². The molecule has 0 aliphatic heterocycles. The molecule has 2 heterocycles. The lowest BCUT2D eigenvalue weighted by Crippen LogP contribution is -2.01. The summed E-state index contributed by atoms with van der Waals surface area (Å²) in [6, 6.07) is 33.8. The average molecular weight is 552 g/mol. The summed E-state index contributed by atoms with van der Waals surface area (Å²) >= 11 is 12.4. The van der Waals surface area contributed by atoms with E-state index in [0.29, 0.717) is 28.9 Å². The van der Waals surface area contributed by atoms with Crippen LogP contribution in [0.5, 0.6) is 5.75 Å². The first-order valence-corrected chi connectivity index (χ1v) is 13.2. The van der Waals surface area contributed by atoms with Crippen molar-refractivity contribution in [3.63, 3.8) is 0 Å². The second-order valence-corrected chi connectivity index (χ2v) is 9.76. The number of H-pyrrole nitrogens is 1. The lowest BCUT2D eigenvalue weighted by atomic mass is 10.1. The highest BCUT2D eigenvalue weighted by atomic mass is 35.5. The number of rotatable bonds is 8. The predicted molar refractivity (Wildman–Crippen MR) is 155 cm³/mol. The number of imidazole rings is 1. The summed E-state index contributed by atoms with van der Waals surface area (Å²) < 4.78 is 7.68. The van der Waals surface area contributed by atoms with Gasteiger partial charge in [0.15, 0.2) is 0 Å². The van der Waals surface area contributed by atoms with Gasteiger partial charge < -0.3 is 9.72 Å². The third kappa shape index (κ3) is 5.58. The Morgan fingerprint density at radius 1 is 0.744 bits per heavy atom. The fraction of sp³-hybridized carbons (Fsp3) is 0.0645. The predicted octanol–water partition coefficient (Wildman–Crippen LogP) is 7.94. The molecule has 0 aliphatic carbocycles. The Labute approximate surface area is 235 Å². The zero-order valence-corrected chi connectivity index (χ0v) is 22.3. The summed E-state index contributed by atoms with van der Waals surface area (Å²) in [6.45, 7) is 0.764. The van der Waals surface area contributed by atoms with E-state index >= 15 is 0 Å². The molecule has 2 aromatic heterocycles. The van der Waals surface area contributed by atoms with Crippen molar-refractivity contribution in [2.75, 3.05) is 0 Å². The second-order valence-electron chi connectivity index (χ2n) is 8.97. The summed E-state index contributed by atoms with van der Waals surface area (Å²) in [5, 5.41) is 9.43. The molecule has 0 spiro atoms. The molecule has 0 atom stereocenters. The van der Waals surface area contributed by atoms with E-state index in [-0.39, 0.29) is 0 Å². The molecule has 0 unspecified atom stereocenters. The molecule has 8 heteroatoms. The van der Waals surface area contributed by atoms with Crippen molar-refractivity contribution in [3.8, 4) is 39.7 Å². The Bertz CT molecular complexity index is 1640. The van der Waals surface area contributed by atoms with E-state index in [4.69, 9.17) is 32.9 Å². The zero-order chi connectivity index (χ0) is 26.6. The Balaban J connectivity index is 1.16. The number of hydrogen-bond donors (Lipinski definition) is 1. The number of benzene rings is 4. The van der Waals surface area contributed by atoms with Gasteiger partial charge in [-0.2, -0.15) is 0 Å². The third-order valence-corrected chi connectivity index (χ3v) is 7.14. The fourth-order valence-corrected chi connectivity index (χ4v) is 4.70. The van der Waals surface area contributed by atoms with Crippen LogP contribution in [0, 0.1) is 0 Å². The minimum Gasteiger partial charge on any atom is -0.487 e. The van der Waals surface area contributed by atoms with Crippen molar-refractivity contribution < 1.29 is 4.74 Å². The zero-order valence-electron chi connectivity index (χ0n) is 20.8. The van der Waals surface area contributed by atoms with E-state index in [1.54, 1.807) is 10.7 Å². The molecule has 0 radical (unpaired) electrons. The molecule has 0 aliphatic rings. The van der Waals surface area contributed by atoms with Gasteiger partial charge in [-0.1, -0.05) is 101 Å². The van der Waals surface area contributed by atoms with E-state index in [2.05, 4.69) is 39.6 Å². The van der Waals surface area contributed by atoms with Crippen LogP contribution in [0.3, 0.4) is 0 Å². The molecule has 0 saturated carbocycles. The number of aromatic nitrogens is 5. The Morgan fingerprint density at radius 3 is 2.21 bits per heavy atom. The van der Waals surface area contributed by atoms with Gasteiger partial charge in [0.25, 0.3) is 0 Å². The normalized spacial score (nSPS) is 11.0. The number of nitrogens with zero attached hydrogens (tertiary/aromatic N) is 4. The van der Waals surface area contributed by atoms with Crippen molar-refractivity contribution in [1.82, 2.24) is 25.0 Å². The number of nitrogens with one attached hydrogen (secondary N) is 1. The Kier molecular flexibility index (Phi) is 7.13. The molecule has 4 aromatic carbocycles. The number of aromatic amines is 1. The van der Waals surface area contributed by atoms with Gasteiger partial charge in [0.1, 0.15) is 23.9 Å². The standard InChI is InChI=1S/C31H23Cl2N5O/c32-27-13-7-12-24(28(27)33)18-38-19-25(36-37-38)20-39-26-16-14-23(15-17-26)31-34-29(21-8-3-1-4-9-21)30(35-31)22-10-5-2-6-11-22/h1-17,19H,18,20H2,(H,34,35). The third-order valence-electron chi connectivity index (χ3n) is 6.28. The van der Waals surface area contributed by atoms with Crippen LogP contribution in [0.1, 0.15) is 11.3 Å². The topological polar surface area (TPSA) is 68.6 Å². The summed E-state index contributed by atoms with van der Waals surface area (Å²) in [7, 11) is 0. The number of hydrogen-bond acceptors (Lipinski definition) is 4. The Hall–Kier alpha value is -4.39. The molecule has 0 saturated heterocycles. The van der Waals surface area contributed by atoms with Crippen molar-refractivity contribution in [3.05, 3.63) is 131 Å². The summed E-state index contributed by atoms with van der Waals surface area (Å²) in [5.41, 5.74) is 6.60. The summed E-state index contributed by atoms with van der Waals surface area (Å²) in [4.78, 5) is 8.49. The fourth-order valence-electron chi connectivity index (χ4n) is 4.32. The van der Waals surface area contributed by atoms with Crippen LogP contribution < -0.4 is 4.74 Å². The molecule has 6 rings (SSSR count).